The summed E-state index contributed by atoms with van der Waals surface area (Å²) in [6.45, 7) is 1.20. The van der Waals surface area contributed by atoms with E-state index in [9.17, 15) is 26.0 Å². The van der Waals surface area contributed by atoms with E-state index in [2.05, 4.69) is 0 Å². The number of hydrogen-bond acceptors (Lipinski definition) is 3. The summed E-state index contributed by atoms with van der Waals surface area (Å²) in [5, 5.41) is 0. The largest absolute Gasteiger partial charge is 0.399 e. The van der Waals surface area contributed by atoms with Crippen LogP contribution in [0.15, 0.2) is 17.0 Å². The fourth-order valence-electron chi connectivity index (χ4n) is 1.75. The predicted octanol–water partition coefficient (Wildman–Crippen LogP) is 2.06. The maximum Gasteiger partial charge on any atom is 0.320 e. The Balaban J connectivity index is 3.08. The summed E-state index contributed by atoms with van der Waals surface area (Å²) in [4.78, 5) is -0.239. The first-order valence-corrected chi connectivity index (χ1v) is 6.98. The molecule has 9 heteroatoms. The molecule has 0 aliphatic carbocycles. The first-order chi connectivity index (χ1) is 8.97. The normalized spacial score (nSPS) is 12.9. The van der Waals surface area contributed by atoms with Crippen LogP contribution in [-0.2, 0) is 10.0 Å². The van der Waals surface area contributed by atoms with Gasteiger partial charge in [-0.05, 0) is 37.1 Å². The third kappa shape index (κ3) is 3.60. The molecule has 1 rings (SSSR count). The predicted molar refractivity (Wildman–Crippen MR) is 66.5 cm³/mol. The van der Waals surface area contributed by atoms with Gasteiger partial charge in [0.25, 0.3) is 0 Å². The number of rotatable bonds is 5. The van der Waals surface area contributed by atoms with Crippen molar-refractivity contribution in [3.8, 4) is 0 Å². The summed E-state index contributed by atoms with van der Waals surface area (Å²) >= 11 is 0. The Morgan fingerprint density at radius 3 is 2.10 bits per heavy atom. The van der Waals surface area contributed by atoms with Crippen LogP contribution in [0.3, 0.4) is 0 Å². The van der Waals surface area contributed by atoms with Crippen LogP contribution in [0.1, 0.15) is 11.1 Å². The minimum atomic E-state index is -4.43. The third-order valence-electron chi connectivity index (χ3n) is 2.57. The highest BCUT2D eigenvalue weighted by molar-refractivity contribution is 7.89. The van der Waals surface area contributed by atoms with Crippen molar-refractivity contribution in [1.82, 2.24) is 4.72 Å². The van der Waals surface area contributed by atoms with Gasteiger partial charge in [0.1, 0.15) is 0 Å². The fraction of sp³-hybridized carbons (Fsp3) is 0.455. The van der Waals surface area contributed by atoms with Crippen LogP contribution in [0, 0.1) is 13.8 Å². The summed E-state index contributed by atoms with van der Waals surface area (Å²) in [6, 6.07) is 2.71. The van der Waals surface area contributed by atoms with Crippen LogP contribution in [0.25, 0.3) is 0 Å². The number of hydrogen-bond donors (Lipinski definition) is 2. The highest BCUT2D eigenvalue weighted by Crippen LogP contribution is 2.25. The molecular formula is C11H14F4N2O2S. The molecule has 3 N–H and O–H groups in total. The SMILES string of the molecule is Cc1cc(N)cc(C)c1S(=O)(=O)NCC(F)(F)C(F)F. The van der Waals surface area contributed by atoms with E-state index >= 15 is 0 Å². The van der Waals surface area contributed by atoms with Crippen molar-refractivity contribution >= 4 is 15.7 Å². The molecular weight excluding hydrogens is 300 g/mol. The van der Waals surface area contributed by atoms with Gasteiger partial charge < -0.3 is 5.73 Å². The Kier molecular flexibility index (Phi) is 4.65. The highest BCUT2D eigenvalue weighted by atomic mass is 32.2. The van der Waals surface area contributed by atoms with Crippen molar-refractivity contribution < 1.29 is 26.0 Å². The molecule has 0 saturated carbocycles. The minimum Gasteiger partial charge on any atom is -0.399 e. The molecule has 114 valence electrons. The van der Waals surface area contributed by atoms with Crippen molar-refractivity contribution in [2.45, 2.75) is 31.1 Å². The van der Waals surface area contributed by atoms with Crippen LogP contribution in [0.5, 0.6) is 0 Å². The maximum atomic E-state index is 12.8. The summed E-state index contributed by atoms with van der Waals surface area (Å²) < 4.78 is 74.9. The number of nitrogen functional groups attached to an aromatic ring is 1. The quantitative estimate of drug-likeness (QED) is 0.645. The van der Waals surface area contributed by atoms with Crippen LogP contribution in [0.2, 0.25) is 0 Å². The lowest BCUT2D eigenvalue weighted by Crippen LogP contribution is -2.41. The van der Waals surface area contributed by atoms with Crippen molar-refractivity contribution in [2.24, 2.45) is 0 Å². The number of aryl methyl sites for hydroxylation is 2. The Labute approximate surface area is 114 Å². The van der Waals surface area contributed by atoms with Gasteiger partial charge in [-0.3, -0.25) is 0 Å². The van der Waals surface area contributed by atoms with E-state index in [1.807, 2.05) is 0 Å². The molecule has 0 atom stereocenters. The molecule has 20 heavy (non-hydrogen) atoms. The fourth-order valence-corrected chi connectivity index (χ4v) is 3.24. The third-order valence-corrected chi connectivity index (χ3v) is 4.27. The van der Waals surface area contributed by atoms with Crippen LogP contribution in [-0.4, -0.2) is 27.3 Å². The van der Waals surface area contributed by atoms with Gasteiger partial charge >= 0.3 is 12.3 Å². The average molecular weight is 314 g/mol. The van der Waals surface area contributed by atoms with E-state index < -0.39 is 28.9 Å². The Morgan fingerprint density at radius 2 is 1.70 bits per heavy atom. The lowest BCUT2D eigenvalue weighted by atomic mass is 10.1. The summed E-state index contributed by atoms with van der Waals surface area (Å²) in [7, 11) is -4.32. The van der Waals surface area contributed by atoms with Gasteiger partial charge in [-0.25, -0.2) is 21.9 Å². The molecule has 0 spiro atoms. The molecule has 4 nitrogen and oxygen atoms in total. The molecule has 0 heterocycles. The first kappa shape index (κ1) is 16.7. The van der Waals surface area contributed by atoms with Crippen molar-refractivity contribution in [1.29, 1.82) is 0 Å². The van der Waals surface area contributed by atoms with Crippen molar-refractivity contribution in [3.05, 3.63) is 23.3 Å². The standard InChI is InChI=1S/C11H14F4N2O2S/c1-6-3-8(16)4-7(2)9(6)20(18,19)17-5-11(14,15)10(12)13/h3-4,10,17H,5,16H2,1-2H3. The smallest absolute Gasteiger partial charge is 0.320 e. The average Bonchev–Trinajstić information content (AvgIpc) is 2.24. The van der Waals surface area contributed by atoms with Gasteiger partial charge in [-0.15, -0.1) is 0 Å². The molecule has 0 unspecified atom stereocenters. The molecule has 0 fully saturated rings. The number of anilines is 1. The molecule has 0 bridgehead atoms. The van der Waals surface area contributed by atoms with Crippen LogP contribution >= 0.6 is 0 Å². The lowest BCUT2D eigenvalue weighted by molar-refractivity contribution is -0.122. The Hall–Kier alpha value is -1.35. The van der Waals surface area contributed by atoms with Gasteiger partial charge in [0.2, 0.25) is 10.0 Å². The second-order valence-corrected chi connectivity index (χ2v) is 6.07. The number of halogens is 4. The molecule has 0 aliphatic rings. The summed E-state index contributed by atoms with van der Waals surface area (Å²) in [5.74, 6) is -4.43. The molecule has 0 aliphatic heterocycles. The minimum absolute atomic E-state index is 0.239. The van der Waals surface area contributed by atoms with Crippen LogP contribution < -0.4 is 10.5 Å². The van der Waals surface area contributed by atoms with Gasteiger partial charge in [0, 0.05) is 5.69 Å². The van der Waals surface area contributed by atoms with E-state index in [0.717, 1.165) is 0 Å². The van der Waals surface area contributed by atoms with E-state index in [1.54, 1.807) is 0 Å². The van der Waals surface area contributed by atoms with E-state index in [0.29, 0.717) is 5.69 Å². The number of nitrogens with two attached hydrogens (primary N) is 1. The van der Waals surface area contributed by atoms with E-state index in [1.165, 1.54) is 30.7 Å². The van der Waals surface area contributed by atoms with E-state index in [-0.39, 0.29) is 16.0 Å². The first-order valence-electron chi connectivity index (χ1n) is 5.50. The van der Waals surface area contributed by atoms with Gasteiger partial charge in [-0.1, -0.05) is 0 Å². The van der Waals surface area contributed by atoms with Crippen molar-refractivity contribution in [2.75, 3.05) is 12.3 Å². The number of nitrogens with one attached hydrogen (secondary N) is 1. The van der Waals surface area contributed by atoms with Crippen molar-refractivity contribution in [3.63, 3.8) is 0 Å². The van der Waals surface area contributed by atoms with Crippen LogP contribution in [0.4, 0.5) is 23.2 Å². The zero-order chi connectivity index (χ0) is 15.7. The molecule has 1 aromatic rings. The topological polar surface area (TPSA) is 72.2 Å². The summed E-state index contributed by atoms with van der Waals surface area (Å²) in [6.07, 6.45) is -3.95. The zero-order valence-electron chi connectivity index (χ0n) is 10.8. The van der Waals surface area contributed by atoms with E-state index in [4.69, 9.17) is 5.73 Å². The highest BCUT2D eigenvalue weighted by Gasteiger charge is 2.41. The number of benzene rings is 1. The number of alkyl halides is 4. The second kappa shape index (κ2) is 5.57. The maximum absolute atomic E-state index is 12.8. The Morgan fingerprint density at radius 1 is 1.25 bits per heavy atom. The molecule has 0 amide bonds. The van der Waals surface area contributed by atoms with Gasteiger partial charge in [0.05, 0.1) is 11.4 Å². The zero-order valence-corrected chi connectivity index (χ0v) is 11.6. The molecule has 0 saturated heterocycles. The number of sulfonamides is 1. The van der Waals surface area contributed by atoms with Gasteiger partial charge in [0.15, 0.2) is 0 Å². The second-order valence-electron chi connectivity index (χ2n) is 4.37. The molecule has 1 aromatic carbocycles. The Bertz CT molecular complexity index is 579. The lowest BCUT2D eigenvalue weighted by Gasteiger charge is -2.17. The molecule has 0 radical (unpaired) electrons. The molecule has 0 aromatic heterocycles. The monoisotopic (exact) mass is 314 g/mol. The van der Waals surface area contributed by atoms with Gasteiger partial charge in [-0.2, -0.15) is 8.78 Å². The summed E-state index contributed by atoms with van der Waals surface area (Å²) in [5.41, 5.74) is 6.33.